The van der Waals surface area contributed by atoms with Crippen molar-refractivity contribution < 1.29 is 9.90 Å². The summed E-state index contributed by atoms with van der Waals surface area (Å²) >= 11 is 0. The van der Waals surface area contributed by atoms with E-state index in [-0.39, 0.29) is 24.6 Å². The number of aliphatic hydroxyl groups is 1. The first kappa shape index (κ1) is 10.2. The maximum atomic E-state index is 10.8. The van der Waals surface area contributed by atoms with Gasteiger partial charge < -0.3 is 10.4 Å². The molecule has 6 nitrogen and oxygen atoms in total. The van der Waals surface area contributed by atoms with E-state index in [1.54, 1.807) is 0 Å². The van der Waals surface area contributed by atoms with E-state index in [1.807, 2.05) is 6.07 Å². The molecular formula is C8H10N4O2. The van der Waals surface area contributed by atoms with Crippen molar-refractivity contribution in [2.24, 2.45) is 0 Å². The number of aliphatic hydroxyl groups excluding tert-OH is 1. The number of rotatable bonds is 3. The Labute approximate surface area is 80.8 Å². The minimum atomic E-state index is -0.277. The van der Waals surface area contributed by atoms with Gasteiger partial charge in [-0.05, 0) is 0 Å². The molecule has 1 aromatic heterocycles. The molecule has 1 heterocycles. The van der Waals surface area contributed by atoms with E-state index < -0.39 is 0 Å². The highest BCUT2D eigenvalue weighted by Crippen LogP contribution is 2.13. The Bertz CT molecular complexity index is 377. The van der Waals surface area contributed by atoms with Gasteiger partial charge in [0.2, 0.25) is 5.91 Å². The Hall–Kier alpha value is -1.87. The van der Waals surface area contributed by atoms with Gasteiger partial charge >= 0.3 is 0 Å². The van der Waals surface area contributed by atoms with Crippen molar-refractivity contribution in [1.82, 2.24) is 9.78 Å². The van der Waals surface area contributed by atoms with Gasteiger partial charge in [0, 0.05) is 6.92 Å². The number of hydrogen-bond donors (Lipinski definition) is 2. The third kappa shape index (κ3) is 2.08. The van der Waals surface area contributed by atoms with Crippen LogP contribution in [-0.2, 0) is 11.3 Å². The standard InChI is InChI=1S/C8H10N4O2/c1-6(14)11-8-7(4-9)5-10-12(8)2-3-13/h5,13H,2-3H2,1H3,(H,11,14). The highest BCUT2D eigenvalue weighted by atomic mass is 16.3. The average molecular weight is 194 g/mol. The lowest BCUT2D eigenvalue weighted by molar-refractivity contribution is -0.114. The molecule has 6 heteroatoms. The van der Waals surface area contributed by atoms with Crippen LogP contribution in [0.5, 0.6) is 0 Å². The Morgan fingerprint density at radius 3 is 3.07 bits per heavy atom. The lowest BCUT2D eigenvalue weighted by atomic mass is 10.3. The molecule has 0 saturated heterocycles. The Morgan fingerprint density at radius 2 is 2.57 bits per heavy atom. The van der Waals surface area contributed by atoms with E-state index in [0.29, 0.717) is 5.82 Å². The van der Waals surface area contributed by atoms with Crippen molar-refractivity contribution in [1.29, 1.82) is 5.26 Å². The fourth-order valence-corrected chi connectivity index (χ4v) is 1.03. The van der Waals surface area contributed by atoms with E-state index in [4.69, 9.17) is 10.4 Å². The molecule has 0 spiro atoms. The van der Waals surface area contributed by atoms with Gasteiger partial charge in [0.05, 0.1) is 19.3 Å². The number of hydrogen-bond acceptors (Lipinski definition) is 4. The number of carbonyl (C=O) groups is 1. The first-order valence-corrected chi connectivity index (χ1v) is 4.03. The van der Waals surface area contributed by atoms with Gasteiger partial charge in [0.15, 0.2) is 0 Å². The largest absolute Gasteiger partial charge is 0.394 e. The molecule has 0 aliphatic rings. The van der Waals surface area contributed by atoms with Gasteiger partial charge in [0.25, 0.3) is 0 Å². The molecule has 0 fully saturated rings. The summed E-state index contributed by atoms with van der Waals surface area (Å²) in [6.07, 6.45) is 1.35. The SMILES string of the molecule is CC(=O)Nc1c(C#N)cnn1CCO. The van der Waals surface area contributed by atoms with Crippen molar-refractivity contribution in [2.75, 3.05) is 11.9 Å². The molecule has 14 heavy (non-hydrogen) atoms. The normalized spacial score (nSPS) is 9.50. The molecular weight excluding hydrogens is 184 g/mol. The number of anilines is 1. The van der Waals surface area contributed by atoms with Crippen LogP contribution in [0.4, 0.5) is 5.82 Å². The van der Waals surface area contributed by atoms with Crippen LogP contribution >= 0.6 is 0 Å². The number of aromatic nitrogens is 2. The second kappa shape index (κ2) is 4.39. The predicted octanol–water partition coefficient (Wildman–Crippen LogP) is -0.295. The minimum Gasteiger partial charge on any atom is -0.394 e. The summed E-state index contributed by atoms with van der Waals surface area (Å²) < 4.78 is 1.37. The van der Waals surface area contributed by atoms with Crippen molar-refractivity contribution in [3.05, 3.63) is 11.8 Å². The maximum Gasteiger partial charge on any atom is 0.222 e. The molecule has 0 aliphatic heterocycles. The van der Waals surface area contributed by atoms with Gasteiger partial charge in [-0.25, -0.2) is 4.68 Å². The summed E-state index contributed by atoms with van der Waals surface area (Å²) in [5.74, 6) is 0.0511. The van der Waals surface area contributed by atoms with Crippen molar-refractivity contribution in [3.63, 3.8) is 0 Å². The topological polar surface area (TPSA) is 90.9 Å². The van der Waals surface area contributed by atoms with Crippen molar-refractivity contribution in [3.8, 4) is 6.07 Å². The van der Waals surface area contributed by atoms with Crippen molar-refractivity contribution >= 4 is 11.7 Å². The number of amides is 1. The van der Waals surface area contributed by atoms with Crippen LogP contribution in [0, 0.1) is 11.3 Å². The number of nitriles is 1. The monoisotopic (exact) mass is 194 g/mol. The highest BCUT2D eigenvalue weighted by Gasteiger charge is 2.10. The van der Waals surface area contributed by atoms with E-state index in [0.717, 1.165) is 0 Å². The van der Waals surface area contributed by atoms with Crippen LogP contribution in [0.25, 0.3) is 0 Å². The molecule has 0 bridgehead atoms. The zero-order valence-electron chi connectivity index (χ0n) is 7.69. The van der Waals surface area contributed by atoms with E-state index in [9.17, 15) is 4.79 Å². The summed E-state index contributed by atoms with van der Waals surface area (Å²) in [6, 6.07) is 1.90. The Kier molecular flexibility index (Phi) is 3.20. The van der Waals surface area contributed by atoms with E-state index >= 15 is 0 Å². The quantitative estimate of drug-likeness (QED) is 0.691. The summed E-state index contributed by atoms with van der Waals surface area (Å²) in [6.45, 7) is 1.49. The summed E-state index contributed by atoms with van der Waals surface area (Å²) in [5.41, 5.74) is 0.286. The molecule has 0 unspecified atom stereocenters. The number of nitrogens with zero attached hydrogens (tertiary/aromatic N) is 3. The van der Waals surface area contributed by atoms with Crippen LogP contribution < -0.4 is 5.32 Å². The Balaban J connectivity index is 3.01. The summed E-state index contributed by atoms with van der Waals surface area (Å²) in [7, 11) is 0. The first-order chi connectivity index (χ1) is 6.69. The molecule has 0 saturated carbocycles. The molecule has 0 aliphatic carbocycles. The molecule has 2 N–H and O–H groups in total. The van der Waals surface area contributed by atoms with Crippen LogP contribution in [0.1, 0.15) is 12.5 Å². The van der Waals surface area contributed by atoms with Gasteiger partial charge in [-0.1, -0.05) is 0 Å². The number of carbonyl (C=O) groups excluding carboxylic acids is 1. The fraction of sp³-hybridized carbons (Fsp3) is 0.375. The molecule has 74 valence electrons. The molecule has 0 atom stereocenters. The summed E-state index contributed by atoms with van der Waals surface area (Å²) in [4.78, 5) is 10.8. The molecule has 0 aromatic carbocycles. The highest BCUT2D eigenvalue weighted by molar-refractivity contribution is 5.89. The van der Waals surface area contributed by atoms with Crippen LogP contribution in [0.2, 0.25) is 0 Å². The van der Waals surface area contributed by atoms with Gasteiger partial charge in [-0.3, -0.25) is 4.79 Å². The molecule has 1 rings (SSSR count). The van der Waals surface area contributed by atoms with Crippen LogP contribution in [0.15, 0.2) is 6.20 Å². The summed E-state index contributed by atoms with van der Waals surface area (Å²) in [5, 5.41) is 23.7. The first-order valence-electron chi connectivity index (χ1n) is 4.03. The third-order valence-electron chi connectivity index (χ3n) is 1.57. The molecule has 0 radical (unpaired) electrons. The lowest BCUT2D eigenvalue weighted by Gasteiger charge is -2.05. The zero-order valence-corrected chi connectivity index (χ0v) is 7.69. The van der Waals surface area contributed by atoms with E-state index in [1.165, 1.54) is 17.8 Å². The van der Waals surface area contributed by atoms with Gasteiger partial charge in [0.1, 0.15) is 17.5 Å². The van der Waals surface area contributed by atoms with E-state index in [2.05, 4.69) is 10.4 Å². The van der Waals surface area contributed by atoms with Crippen LogP contribution in [0.3, 0.4) is 0 Å². The minimum absolute atomic E-state index is 0.0981. The fourth-order valence-electron chi connectivity index (χ4n) is 1.03. The molecule has 1 amide bonds. The Morgan fingerprint density at radius 1 is 1.86 bits per heavy atom. The number of nitrogens with one attached hydrogen (secondary N) is 1. The second-order valence-electron chi connectivity index (χ2n) is 2.65. The van der Waals surface area contributed by atoms with Gasteiger partial charge in [-0.2, -0.15) is 10.4 Å². The van der Waals surface area contributed by atoms with Crippen molar-refractivity contribution in [2.45, 2.75) is 13.5 Å². The second-order valence-corrected chi connectivity index (χ2v) is 2.65. The zero-order chi connectivity index (χ0) is 10.6. The predicted molar refractivity (Wildman–Crippen MR) is 48.3 cm³/mol. The molecule has 1 aromatic rings. The third-order valence-corrected chi connectivity index (χ3v) is 1.57. The smallest absolute Gasteiger partial charge is 0.222 e. The van der Waals surface area contributed by atoms with Gasteiger partial charge in [-0.15, -0.1) is 0 Å². The lowest BCUT2D eigenvalue weighted by Crippen LogP contribution is -2.14. The maximum absolute atomic E-state index is 10.8. The van der Waals surface area contributed by atoms with Crippen LogP contribution in [-0.4, -0.2) is 27.4 Å². The average Bonchev–Trinajstić information content (AvgIpc) is 2.48.